The lowest BCUT2D eigenvalue weighted by molar-refractivity contribution is 0.264. The van der Waals surface area contributed by atoms with E-state index >= 15 is 0 Å². The van der Waals surface area contributed by atoms with Crippen molar-refractivity contribution < 1.29 is 13.6 Å². The van der Waals surface area contributed by atoms with E-state index in [1.54, 1.807) is 0 Å². The van der Waals surface area contributed by atoms with Crippen LogP contribution in [-0.2, 0) is 20.0 Å². The number of benzene rings is 1. The Morgan fingerprint density at radius 3 is 2.31 bits per heavy atom. The minimum Gasteiger partial charge on any atom is -0.318 e. The summed E-state index contributed by atoms with van der Waals surface area (Å²) in [5.41, 5.74) is 6.97. The van der Waals surface area contributed by atoms with Crippen LogP contribution in [-0.4, -0.2) is 20.0 Å². The van der Waals surface area contributed by atoms with Gasteiger partial charge in [-0.05, 0) is 18.4 Å². The molecule has 0 saturated heterocycles. The second-order valence-corrected chi connectivity index (χ2v) is 5.97. The second kappa shape index (κ2) is 6.16. The van der Waals surface area contributed by atoms with Crippen molar-refractivity contribution in [3.63, 3.8) is 0 Å². The molecule has 0 aromatic heterocycles. The van der Waals surface area contributed by atoms with Gasteiger partial charge in [-0.1, -0.05) is 30.3 Å². The molecule has 0 saturated carbocycles. The maximum atomic E-state index is 11.9. The number of aryl methyl sites for hydroxylation is 1. The Hall–Kier alpha value is -0.670. The summed E-state index contributed by atoms with van der Waals surface area (Å²) in [6.07, 6.45) is 1.34. The van der Waals surface area contributed by atoms with Crippen molar-refractivity contribution in [3.05, 3.63) is 35.9 Å². The van der Waals surface area contributed by atoms with Crippen LogP contribution < -0.4 is 5.73 Å². The van der Waals surface area contributed by atoms with Crippen LogP contribution in [0.1, 0.15) is 12.0 Å². The average molecular weight is 243 g/mol. The molecule has 0 fully saturated rings. The van der Waals surface area contributed by atoms with Crippen LogP contribution in [0.5, 0.6) is 0 Å². The molecular formula is C11H18NO3P. The Kier molecular flexibility index (Phi) is 5.16. The Balaban J connectivity index is 2.53. The van der Waals surface area contributed by atoms with Gasteiger partial charge in [0.15, 0.2) is 0 Å². The van der Waals surface area contributed by atoms with Gasteiger partial charge < -0.3 is 14.8 Å². The molecule has 1 atom stereocenters. The van der Waals surface area contributed by atoms with Crippen LogP contribution in [0.25, 0.3) is 0 Å². The summed E-state index contributed by atoms with van der Waals surface area (Å²) in [5.74, 6) is -0.581. The Bertz CT molecular complexity index is 348. The zero-order chi connectivity index (χ0) is 12.0. The van der Waals surface area contributed by atoms with E-state index in [4.69, 9.17) is 14.8 Å². The third kappa shape index (κ3) is 3.42. The molecule has 1 aromatic carbocycles. The molecule has 0 aliphatic carbocycles. The van der Waals surface area contributed by atoms with Crippen LogP contribution >= 0.6 is 7.60 Å². The molecule has 0 radical (unpaired) electrons. The first-order valence-electron chi connectivity index (χ1n) is 5.13. The molecular weight excluding hydrogens is 225 g/mol. The Labute approximate surface area is 96.3 Å². The van der Waals surface area contributed by atoms with Crippen molar-refractivity contribution in [2.75, 3.05) is 14.2 Å². The van der Waals surface area contributed by atoms with E-state index in [2.05, 4.69) is 0 Å². The maximum absolute atomic E-state index is 11.9. The molecule has 0 heterocycles. The van der Waals surface area contributed by atoms with Gasteiger partial charge >= 0.3 is 7.60 Å². The average Bonchev–Trinajstić information content (AvgIpc) is 2.36. The summed E-state index contributed by atoms with van der Waals surface area (Å²) < 4.78 is 21.6. The second-order valence-electron chi connectivity index (χ2n) is 3.50. The van der Waals surface area contributed by atoms with E-state index in [0.29, 0.717) is 6.42 Å². The molecule has 1 aromatic rings. The lowest BCUT2D eigenvalue weighted by atomic mass is 10.1. The summed E-state index contributed by atoms with van der Waals surface area (Å²) in [4.78, 5) is 0. The lowest BCUT2D eigenvalue weighted by Gasteiger charge is -2.20. The van der Waals surface area contributed by atoms with Gasteiger partial charge in [-0.3, -0.25) is 4.57 Å². The molecule has 1 unspecified atom stereocenters. The van der Waals surface area contributed by atoms with Gasteiger partial charge in [0.1, 0.15) is 5.78 Å². The summed E-state index contributed by atoms with van der Waals surface area (Å²) in [6.45, 7) is 0. The third-order valence-electron chi connectivity index (χ3n) is 2.49. The van der Waals surface area contributed by atoms with Crippen molar-refractivity contribution >= 4 is 7.60 Å². The van der Waals surface area contributed by atoms with Crippen LogP contribution in [0.4, 0.5) is 0 Å². The third-order valence-corrected chi connectivity index (χ3v) is 4.58. The largest absolute Gasteiger partial charge is 0.346 e. The molecule has 5 heteroatoms. The highest BCUT2D eigenvalue weighted by Gasteiger charge is 2.30. The monoisotopic (exact) mass is 243 g/mol. The molecule has 90 valence electrons. The van der Waals surface area contributed by atoms with E-state index in [0.717, 1.165) is 12.0 Å². The molecule has 0 aliphatic heterocycles. The number of nitrogens with two attached hydrogens (primary N) is 1. The first-order valence-corrected chi connectivity index (χ1v) is 6.74. The number of rotatable bonds is 6. The zero-order valence-electron chi connectivity index (χ0n) is 9.63. The predicted molar refractivity (Wildman–Crippen MR) is 64.4 cm³/mol. The van der Waals surface area contributed by atoms with Crippen molar-refractivity contribution in [2.24, 2.45) is 5.73 Å². The zero-order valence-corrected chi connectivity index (χ0v) is 10.5. The van der Waals surface area contributed by atoms with Crippen LogP contribution in [0.2, 0.25) is 0 Å². The van der Waals surface area contributed by atoms with Gasteiger partial charge in [0.05, 0.1) is 0 Å². The molecule has 2 N–H and O–H groups in total. The summed E-state index contributed by atoms with van der Waals surface area (Å²) >= 11 is 0. The van der Waals surface area contributed by atoms with Crippen molar-refractivity contribution in [3.8, 4) is 0 Å². The predicted octanol–water partition coefficient (Wildman–Crippen LogP) is 2.39. The Morgan fingerprint density at radius 1 is 1.25 bits per heavy atom. The van der Waals surface area contributed by atoms with E-state index in [1.807, 2.05) is 30.3 Å². The molecule has 16 heavy (non-hydrogen) atoms. The van der Waals surface area contributed by atoms with Crippen molar-refractivity contribution in [2.45, 2.75) is 18.6 Å². The molecule has 0 spiro atoms. The van der Waals surface area contributed by atoms with Crippen molar-refractivity contribution in [1.29, 1.82) is 0 Å². The topological polar surface area (TPSA) is 61.5 Å². The standard InChI is InChI=1S/C11H18NO3P/c1-14-16(13,15-2)11(12)9-8-10-6-4-3-5-7-10/h3-7,11H,8-9,12H2,1-2H3. The van der Waals surface area contributed by atoms with E-state index in [1.165, 1.54) is 14.2 Å². The van der Waals surface area contributed by atoms with Crippen LogP contribution in [0.15, 0.2) is 30.3 Å². The van der Waals surface area contributed by atoms with Gasteiger partial charge in [0.2, 0.25) is 0 Å². The number of hydrogen-bond acceptors (Lipinski definition) is 4. The van der Waals surface area contributed by atoms with E-state index in [-0.39, 0.29) is 0 Å². The highest BCUT2D eigenvalue weighted by molar-refractivity contribution is 7.54. The normalized spacial score (nSPS) is 13.7. The fourth-order valence-corrected chi connectivity index (χ4v) is 2.60. The smallest absolute Gasteiger partial charge is 0.318 e. The molecule has 4 nitrogen and oxygen atoms in total. The first kappa shape index (κ1) is 13.4. The Morgan fingerprint density at radius 2 is 1.81 bits per heavy atom. The lowest BCUT2D eigenvalue weighted by Crippen LogP contribution is -2.22. The summed E-state index contributed by atoms with van der Waals surface area (Å²) in [7, 11) is -0.424. The molecule has 0 bridgehead atoms. The quantitative estimate of drug-likeness (QED) is 0.779. The van der Waals surface area contributed by atoms with Crippen molar-refractivity contribution in [1.82, 2.24) is 0 Å². The minimum atomic E-state index is -3.13. The minimum absolute atomic E-state index is 0.572. The van der Waals surface area contributed by atoms with E-state index < -0.39 is 13.4 Å². The van der Waals surface area contributed by atoms with Gasteiger partial charge in [0.25, 0.3) is 0 Å². The SMILES string of the molecule is COP(=O)(OC)C(N)CCc1ccccc1. The van der Waals surface area contributed by atoms with Crippen LogP contribution in [0, 0.1) is 0 Å². The summed E-state index contributed by atoms with van der Waals surface area (Å²) in [6, 6.07) is 9.91. The first-order chi connectivity index (χ1) is 7.62. The van der Waals surface area contributed by atoms with Gasteiger partial charge in [-0.15, -0.1) is 0 Å². The molecule has 1 rings (SSSR count). The maximum Gasteiger partial charge on any atom is 0.346 e. The van der Waals surface area contributed by atoms with E-state index in [9.17, 15) is 4.57 Å². The highest BCUT2D eigenvalue weighted by Crippen LogP contribution is 2.50. The van der Waals surface area contributed by atoms with Gasteiger partial charge in [0, 0.05) is 14.2 Å². The van der Waals surface area contributed by atoms with Gasteiger partial charge in [-0.25, -0.2) is 0 Å². The summed E-state index contributed by atoms with van der Waals surface area (Å²) in [5, 5.41) is 0. The molecule has 0 aliphatic rings. The van der Waals surface area contributed by atoms with Crippen LogP contribution in [0.3, 0.4) is 0 Å². The van der Waals surface area contributed by atoms with Gasteiger partial charge in [-0.2, -0.15) is 0 Å². The number of hydrogen-bond donors (Lipinski definition) is 1. The highest BCUT2D eigenvalue weighted by atomic mass is 31.2. The fraction of sp³-hybridized carbons (Fsp3) is 0.455. The molecule has 0 amide bonds. The fourth-order valence-electron chi connectivity index (χ4n) is 1.46.